The lowest BCUT2D eigenvalue weighted by atomic mass is 10.2. The summed E-state index contributed by atoms with van der Waals surface area (Å²) in [5.74, 6) is 0.932. The molecule has 1 heterocycles. The van der Waals surface area contributed by atoms with Crippen LogP contribution < -0.4 is 0 Å². The van der Waals surface area contributed by atoms with Crippen molar-refractivity contribution in [1.82, 2.24) is 9.55 Å². The summed E-state index contributed by atoms with van der Waals surface area (Å²) < 4.78 is 53.3. The number of fused-ring (bicyclic) bond motifs is 1. The van der Waals surface area contributed by atoms with E-state index in [-0.39, 0.29) is 10.5 Å². The summed E-state index contributed by atoms with van der Waals surface area (Å²) in [4.78, 5) is 4.98. The first-order valence-corrected chi connectivity index (χ1v) is 9.64. The molecule has 0 N–H and O–H groups in total. The summed E-state index contributed by atoms with van der Waals surface area (Å²) in [6.07, 6.45) is -3.75. The van der Waals surface area contributed by atoms with Crippen molar-refractivity contribution in [1.29, 1.82) is 0 Å². The third-order valence-electron chi connectivity index (χ3n) is 4.01. The van der Waals surface area contributed by atoms with Gasteiger partial charge in [0.05, 0.1) is 27.2 Å². The van der Waals surface area contributed by atoms with E-state index in [0.717, 1.165) is 18.6 Å². The van der Waals surface area contributed by atoms with Crippen LogP contribution in [0.1, 0.15) is 18.9 Å². The van der Waals surface area contributed by atoms with Crippen molar-refractivity contribution in [2.24, 2.45) is 7.05 Å². The Morgan fingerprint density at radius 2 is 1.92 bits per heavy atom. The van der Waals surface area contributed by atoms with Gasteiger partial charge in [0.15, 0.2) is 4.90 Å². The molecular weight excluding hydrogens is 385 g/mol. The Kier molecular flexibility index (Phi) is 5.23. The van der Waals surface area contributed by atoms with Crippen LogP contribution in [-0.2, 0) is 24.4 Å². The van der Waals surface area contributed by atoms with Crippen LogP contribution in [0.15, 0.2) is 41.3 Å². The summed E-state index contributed by atoms with van der Waals surface area (Å²) >= 11 is 4.89. The van der Waals surface area contributed by atoms with Crippen molar-refractivity contribution in [3.05, 3.63) is 47.0 Å². The molecule has 3 rings (SSSR count). The van der Waals surface area contributed by atoms with Crippen LogP contribution >= 0.6 is 11.6 Å². The summed E-state index contributed by atoms with van der Waals surface area (Å²) in [5.41, 5.74) is 0.342. The van der Waals surface area contributed by atoms with Gasteiger partial charge in [0.2, 0.25) is 0 Å². The highest BCUT2D eigenvalue weighted by Crippen LogP contribution is 2.37. The van der Waals surface area contributed by atoms with Crippen LogP contribution in [0.5, 0.6) is 0 Å². The van der Waals surface area contributed by atoms with Crippen LogP contribution in [0.25, 0.3) is 22.4 Å². The molecule has 0 saturated carbocycles. The maximum absolute atomic E-state index is 13.0. The van der Waals surface area contributed by atoms with Crippen LogP contribution in [0.4, 0.5) is 13.2 Å². The molecule has 3 aromatic rings. The van der Waals surface area contributed by atoms with Crippen molar-refractivity contribution in [2.45, 2.75) is 24.4 Å². The number of hydrogen-bond acceptors (Lipinski definition) is 2. The minimum absolute atomic E-state index is 0.0248. The molecule has 3 nitrogen and oxygen atoms in total. The molecule has 0 bridgehead atoms. The molecule has 138 valence electrons. The van der Waals surface area contributed by atoms with Crippen LogP contribution in [0, 0.1) is 0 Å². The predicted molar refractivity (Wildman–Crippen MR) is 97.7 cm³/mol. The number of imidazole rings is 1. The van der Waals surface area contributed by atoms with Gasteiger partial charge >= 0.3 is 6.18 Å². The lowest BCUT2D eigenvalue weighted by molar-refractivity contribution is -0.137. The first-order valence-electron chi connectivity index (χ1n) is 7.95. The molecule has 0 aliphatic carbocycles. The Labute approximate surface area is 157 Å². The summed E-state index contributed by atoms with van der Waals surface area (Å²) in [5, 5.41) is -0.0248. The number of alkyl halides is 3. The molecule has 1 atom stereocenters. The van der Waals surface area contributed by atoms with Gasteiger partial charge in [-0.1, -0.05) is 30.7 Å². The van der Waals surface area contributed by atoms with Crippen molar-refractivity contribution >= 4 is 33.8 Å². The van der Waals surface area contributed by atoms with Gasteiger partial charge in [0.1, 0.15) is 11.6 Å². The number of aryl methyl sites for hydroxylation is 1. The standard InChI is InChI=1S/C18H16ClF3N2OS/c1-3-8-26(25)15-7-5-4-6-12(15)17-23-14-10-11(18(20,21)22)9-13(19)16(14)24(17)2/h4-7,9-10H,3,8H2,1-2H3. The Hall–Kier alpha value is -1.70. The molecule has 1 aromatic heterocycles. The van der Waals surface area contributed by atoms with Gasteiger partial charge in [-0.3, -0.25) is 0 Å². The molecule has 0 aliphatic heterocycles. The quantitative estimate of drug-likeness (QED) is 0.548. The van der Waals surface area contributed by atoms with Gasteiger partial charge in [-0.2, -0.15) is 13.2 Å². The average molecular weight is 401 g/mol. The van der Waals surface area contributed by atoms with Crippen molar-refractivity contribution < 1.29 is 17.7 Å². The SMILES string of the molecule is CCC[S+]([O-])c1ccccc1-c1nc2cc(C(F)(F)F)cc(Cl)c2n1C. The summed E-state index contributed by atoms with van der Waals surface area (Å²) in [6, 6.07) is 8.96. The molecular formula is C18H16ClF3N2OS. The van der Waals surface area contributed by atoms with Gasteiger partial charge in [-0.15, -0.1) is 0 Å². The topological polar surface area (TPSA) is 40.9 Å². The van der Waals surface area contributed by atoms with Gasteiger partial charge < -0.3 is 9.12 Å². The van der Waals surface area contributed by atoms with E-state index in [4.69, 9.17) is 11.6 Å². The largest absolute Gasteiger partial charge is 0.611 e. The first-order chi connectivity index (χ1) is 12.2. The van der Waals surface area contributed by atoms with E-state index in [1.807, 2.05) is 6.92 Å². The van der Waals surface area contributed by atoms with E-state index in [1.54, 1.807) is 35.9 Å². The van der Waals surface area contributed by atoms with Crippen LogP contribution in [0.3, 0.4) is 0 Å². The predicted octanol–water partition coefficient (Wildman–Crippen LogP) is 5.43. The maximum atomic E-state index is 13.0. The molecule has 26 heavy (non-hydrogen) atoms. The first kappa shape index (κ1) is 19.1. The summed E-state index contributed by atoms with van der Waals surface area (Å²) in [6.45, 7) is 1.94. The van der Waals surface area contributed by atoms with Gasteiger partial charge in [0.25, 0.3) is 0 Å². The fourth-order valence-electron chi connectivity index (χ4n) is 2.85. The zero-order valence-corrected chi connectivity index (χ0v) is 15.7. The van der Waals surface area contributed by atoms with Gasteiger partial charge in [-0.25, -0.2) is 4.98 Å². The second-order valence-corrected chi connectivity index (χ2v) is 7.81. The zero-order valence-electron chi connectivity index (χ0n) is 14.1. The van der Waals surface area contributed by atoms with Crippen molar-refractivity contribution in [3.8, 4) is 11.4 Å². The van der Waals surface area contributed by atoms with Crippen molar-refractivity contribution in [2.75, 3.05) is 5.75 Å². The second kappa shape index (κ2) is 7.13. The maximum Gasteiger partial charge on any atom is 0.416 e. The molecule has 0 saturated heterocycles. The second-order valence-electron chi connectivity index (χ2n) is 5.86. The van der Waals surface area contributed by atoms with Crippen LogP contribution in [-0.4, -0.2) is 19.9 Å². The average Bonchev–Trinajstić information content (AvgIpc) is 2.91. The van der Waals surface area contributed by atoms with Crippen LogP contribution in [0.2, 0.25) is 5.02 Å². The number of nitrogens with zero attached hydrogens (tertiary/aromatic N) is 2. The highest BCUT2D eigenvalue weighted by Gasteiger charge is 2.32. The number of hydrogen-bond donors (Lipinski definition) is 0. The smallest absolute Gasteiger partial charge is 0.416 e. The number of halogens is 4. The Bertz CT molecular complexity index is 955. The molecule has 8 heteroatoms. The van der Waals surface area contributed by atoms with E-state index in [9.17, 15) is 17.7 Å². The normalized spacial score (nSPS) is 13.3. The minimum Gasteiger partial charge on any atom is -0.611 e. The minimum atomic E-state index is -4.50. The fraction of sp³-hybridized carbons (Fsp3) is 0.278. The van der Waals surface area contributed by atoms with E-state index < -0.39 is 22.9 Å². The Morgan fingerprint density at radius 3 is 2.58 bits per heavy atom. The van der Waals surface area contributed by atoms with Gasteiger partial charge in [-0.05, 0) is 41.9 Å². The third-order valence-corrected chi connectivity index (χ3v) is 5.93. The lowest BCUT2D eigenvalue weighted by Gasteiger charge is -2.13. The van der Waals surface area contributed by atoms with E-state index in [2.05, 4.69) is 4.98 Å². The molecule has 0 amide bonds. The van der Waals surface area contributed by atoms with Gasteiger partial charge in [0, 0.05) is 7.05 Å². The molecule has 0 fully saturated rings. The highest BCUT2D eigenvalue weighted by molar-refractivity contribution is 7.91. The third kappa shape index (κ3) is 3.43. The Balaban J connectivity index is 2.22. The highest BCUT2D eigenvalue weighted by atomic mass is 35.5. The summed E-state index contributed by atoms with van der Waals surface area (Å²) in [7, 11) is 1.68. The lowest BCUT2D eigenvalue weighted by Crippen LogP contribution is -2.08. The molecule has 0 radical (unpaired) electrons. The van der Waals surface area contributed by atoms with Crippen molar-refractivity contribution in [3.63, 3.8) is 0 Å². The monoisotopic (exact) mass is 400 g/mol. The number of rotatable bonds is 4. The van der Waals surface area contributed by atoms with E-state index >= 15 is 0 Å². The molecule has 1 unspecified atom stereocenters. The fourth-order valence-corrected chi connectivity index (χ4v) is 4.41. The molecule has 0 aliphatic rings. The number of aromatic nitrogens is 2. The molecule has 2 aromatic carbocycles. The molecule has 0 spiro atoms. The van der Waals surface area contributed by atoms with E-state index in [1.165, 1.54) is 0 Å². The Morgan fingerprint density at radius 1 is 1.23 bits per heavy atom. The zero-order chi connectivity index (χ0) is 19.1. The van der Waals surface area contributed by atoms with E-state index in [0.29, 0.717) is 27.6 Å². The number of benzene rings is 2.